The van der Waals surface area contributed by atoms with Crippen LogP contribution in [-0.2, 0) is 23.6 Å². The molecule has 15 heteroatoms. The fraction of sp³-hybridized carbons (Fsp3) is 0.115. The molecule has 1 aliphatic rings. The van der Waals surface area contributed by atoms with Gasteiger partial charge in [-0.05, 0) is 48.0 Å². The summed E-state index contributed by atoms with van der Waals surface area (Å²) >= 11 is 1.12. The van der Waals surface area contributed by atoms with Crippen molar-refractivity contribution in [1.82, 2.24) is 4.98 Å². The molecule has 4 N–H and O–H groups in total. The number of aromatic hydroxyl groups is 2. The van der Waals surface area contributed by atoms with E-state index in [-0.39, 0.29) is 37.8 Å². The Balaban J connectivity index is 1.53. The summed E-state index contributed by atoms with van der Waals surface area (Å²) in [6, 6.07) is 12.0. The zero-order chi connectivity index (χ0) is 29.5. The van der Waals surface area contributed by atoms with Gasteiger partial charge in [-0.25, -0.2) is 13.4 Å². The second-order valence-corrected chi connectivity index (χ2v) is 13.6. The highest BCUT2D eigenvalue weighted by Crippen LogP contribution is 2.60. The average Bonchev–Trinajstić information content (AvgIpc) is 3.46. The molecule has 0 fully saturated rings. The van der Waals surface area contributed by atoms with E-state index in [1.807, 2.05) is 0 Å². The summed E-state index contributed by atoms with van der Waals surface area (Å²) < 4.78 is 51.8. The van der Waals surface area contributed by atoms with Crippen molar-refractivity contribution in [2.75, 3.05) is 24.3 Å². The number of rotatable bonds is 9. The van der Waals surface area contributed by atoms with Crippen LogP contribution in [0.2, 0.25) is 0 Å². The van der Waals surface area contributed by atoms with Crippen LogP contribution in [0.5, 0.6) is 11.5 Å². The molecule has 0 saturated carbocycles. The molecule has 1 aromatic heterocycles. The lowest BCUT2D eigenvalue weighted by atomic mass is 9.82. The Bertz CT molecular complexity index is 1820. The van der Waals surface area contributed by atoms with E-state index in [2.05, 4.69) is 15.0 Å². The molecule has 0 spiro atoms. The van der Waals surface area contributed by atoms with Crippen molar-refractivity contribution in [3.05, 3.63) is 94.0 Å². The number of carbonyl (C=O) groups is 2. The van der Waals surface area contributed by atoms with E-state index in [4.69, 9.17) is 9.05 Å². The Kier molecular flexibility index (Phi) is 7.45. The molecule has 0 bridgehead atoms. The summed E-state index contributed by atoms with van der Waals surface area (Å²) in [6.45, 7) is 0. The molecule has 12 nitrogen and oxygen atoms in total. The van der Waals surface area contributed by atoms with Gasteiger partial charge >= 0.3 is 7.60 Å². The van der Waals surface area contributed by atoms with Gasteiger partial charge in [0.15, 0.2) is 16.7 Å². The fourth-order valence-corrected chi connectivity index (χ4v) is 7.61. The second-order valence-electron chi connectivity index (χ2n) is 8.74. The average molecular weight is 616 g/mol. The van der Waals surface area contributed by atoms with Gasteiger partial charge in [-0.2, -0.15) is 0 Å². The van der Waals surface area contributed by atoms with Gasteiger partial charge in [0.1, 0.15) is 11.5 Å². The van der Waals surface area contributed by atoms with Crippen LogP contribution in [-0.4, -0.2) is 49.4 Å². The number of fused-ring (bicyclic) bond motifs is 2. The van der Waals surface area contributed by atoms with Crippen LogP contribution in [0.4, 0.5) is 10.8 Å². The Morgan fingerprint density at radius 1 is 0.927 bits per heavy atom. The minimum atomic E-state index is -4.02. The quantitative estimate of drug-likeness (QED) is 0.168. The zero-order valence-corrected chi connectivity index (χ0v) is 23.9. The molecule has 1 heterocycles. The number of nitrogens with zero attached hydrogens (tertiary/aromatic N) is 1. The van der Waals surface area contributed by atoms with Gasteiger partial charge in [-0.15, -0.1) is 11.3 Å². The number of ketones is 2. The summed E-state index contributed by atoms with van der Waals surface area (Å²) in [5.41, 5.74) is -0.357. The van der Waals surface area contributed by atoms with E-state index < -0.39 is 46.5 Å². The highest BCUT2D eigenvalue weighted by Gasteiger charge is 2.40. The summed E-state index contributed by atoms with van der Waals surface area (Å²) in [4.78, 5) is 30.3. The number of thiazole rings is 1. The molecule has 3 aromatic carbocycles. The lowest BCUT2D eigenvalue weighted by molar-refractivity contribution is 0.0974. The standard InChI is InChI=1S/C26H22N3O9PS2/c1-37-39(34,38-2)25(28-15-6-8-16(9-7-15)41(35,36)29-26-27-10-11-40-26)14-12-18-22(20(31)13-14)24(33)21-17(23(18)32)4-3-5-19(21)30/h3-13,25,28,30-31H,1-2H3,(H,27,29). The maximum Gasteiger partial charge on any atom is 0.356 e. The number of hydrogen-bond donors (Lipinski definition) is 4. The van der Waals surface area contributed by atoms with Crippen molar-refractivity contribution in [1.29, 1.82) is 0 Å². The number of anilines is 2. The lowest BCUT2D eigenvalue weighted by Crippen LogP contribution is -2.22. The van der Waals surface area contributed by atoms with Crippen LogP contribution in [0.1, 0.15) is 43.2 Å². The summed E-state index contributed by atoms with van der Waals surface area (Å²) in [5.74, 6) is -3.66. The molecule has 1 unspecified atom stereocenters. The predicted molar refractivity (Wildman–Crippen MR) is 150 cm³/mol. The van der Waals surface area contributed by atoms with Gasteiger partial charge in [-0.3, -0.25) is 18.9 Å². The third-order valence-electron chi connectivity index (χ3n) is 6.39. The number of nitrogens with one attached hydrogen (secondary N) is 2. The van der Waals surface area contributed by atoms with Gasteiger partial charge in [0, 0.05) is 42.6 Å². The third-order valence-corrected chi connectivity index (χ3v) is 10.6. The van der Waals surface area contributed by atoms with Crippen molar-refractivity contribution >= 4 is 51.3 Å². The fourth-order valence-electron chi connectivity index (χ4n) is 4.43. The van der Waals surface area contributed by atoms with E-state index in [0.29, 0.717) is 5.69 Å². The maximum atomic E-state index is 13.6. The first kappa shape index (κ1) is 28.5. The number of phenols is 2. The molecule has 41 heavy (non-hydrogen) atoms. The van der Waals surface area contributed by atoms with E-state index >= 15 is 0 Å². The van der Waals surface area contributed by atoms with Crippen LogP contribution in [0.3, 0.4) is 0 Å². The van der Waals surface area contributed by atoms with E-state index in [9.17, 15) is 32.8 Å². The van der Waals surface area contributed by atoms with Gasteiger partial charge in [0.05, 0.1) is 16.0 Å². The van der Waals surface area contributed by atoms with Gasteiger partial charge in [-0.1, -0.05) is 12.1 Å². The molecule has 0 amide bonds. The number of hydrogen-bond acceptors (Lipinski definition) is 12. The topological polar surface area (TPSA) is 181 Å². The Labute approximate surface area is 238 Å². The minimum absolute atomic E-state index is 0.0478. The van der Waals surface area contributed by atoms with Crippen LogP contribution in [0.25, 0.3) is 0 Å². The molecule has 1 aliphatic carbocycles. The Hall–Kier alpha value is -4.07. The van der Waals surface area contributed by atoms with Crippen molar-refractivity contribution in [3.63, 3.8) is 0 Å². The van der Waals surface area contributed by atoms with Crippen molar-refractivity contribution in [2.24, 2.45) is 0 Å². The number of benzene rings is 3. The predicted octanol–water partition coefficient (Wildman–Crippen LogP) is 4.73. The number of phenolic OH excluding ortho intramolecular Hbond substituents is 2. The van der Waals surface area contributed by atoms with Gasteiger partial charge in [0.25, 0.3) is 10.0 Å². The first-order valence-electron chi connectivity index (χ1n) is 11.8. The summed E-state index contributed by atoms with van der Waals surface area (Å²) in [6.07, 6.45) is 1.46. The van der Waals surface area contributed by atoms with Crippen LogP contribution < -0.4 is 10.0 Å². The Morgan fingerprint density at radius 2 is 1.61 bits per heavy atom. The Morgan fingerprint density at radius 3 is 2.24 bits per heavy atom. The maximum absolute atomic E-state index is 13.6. The summed E-state index contributed by atoms with van der Waals surface area (Å²) in [7, 11) is -5.63. The van der Waals surface area contributed by atoms with Crippen LogP contribution in [0.15, 0.2) is 71.1 Å². The largest absolute Gasteiger partial charge is 0.507 e. The van der Waals surface area contributed by atoms with Gasteiger partial charge < -0.3 is 24.6 Å². The molecule has 212 valence electrons. The molecule has 0 aliphatic heterocycles. The smallest absolute Gasteiger partial charge is 0.356 e. The number of sulfonamides is 1. The van der Waals surface area contributed by atoms with Crippen molar-refractivity contribution < 1.29 is 41.8 Å². The molecular formula is C26H22N3O9PS2. The summed E-state index contributed by atoms with van der Waals surface area (Å²) in [5, 5.41) is 25.9. The lowest BCUT2D eigenvalue weighted by Gasteiger charge is -2.28. The highest BCUT2D eigenvalue weighted by atomic mass is 32.2. The molecule has 4 aromatic rings. The van der Waals surface area contributed by atoms with E-state index in [0.717, 1.165) is 31.6 Å². The number of aromatic nitrogens is 1. The zero-order valence-electron chi connectivity index (χ0n) is 21.4. The SMILES string of the molecule is COP(=O)(OC)C(Nc1ccc(S(=O)(=O)Nc2nccs2)cc1)c1cc(O)c2c(c1)C(=O)c1cccc(O)c1C2=O. The first-order chi connectivity index (χ1) is 19.5. The molecule has 0 saturated heterocycles. The molecular weight excluding hydrogens is 593 g/mol. The van der Waals surface area contributed by atoms with Gasteiger partial charge in [0.2, 0.25) is 5.78 Å². The van der Waals surface area contributed by atoms with E-state index in [1.54, 1.807) is 5.38 Å². The minimum Gasteiger partial charge on any atom is -0.507 e. The second kappa shape index (κ2) is 10.7. The van der Waals surface area contributed by atoms with Crippen LogP contribution >= 0.6 is 18.9 Å². The molecule has 5 rings (SSSR count). The monoisotopic (exact) mass is 615 g/mol. The van der Waals surface area contributed by atoms with Crippen molar-refractivity contribution in [2.45, 2.75) is 10.7 Å². The number of carbonyl (C=O) groups excluding carboxylic acids is 2. The molecule has 0 radical (unpaired) electrons. The highest BCUT2D eigenvalue weighted by molar-refractivity contribution is 7.93. The van der Waals surface area contributed by atoms with E-state index in [1.165, 1.54) is 54.7 Å². The van der Waals surface area contributed by atoms with Crippen molar-refractivity contribution in [3.8, 4) is 11.5 Å². The third kappa shape index (κ3) is 5.11. The van der Waals surface area contributed by atoms with Crippen LogP contribution in [0, 0.1) is 0 Å². The molecule has 1 atom stereocenters. The first-order valence-corrected chi connectivity index (χ1v) is 15.7. The normalized spacial score (nSPS) is 13.8.